The summed E-state index contributed by atoms with van der Waals surface area (Å²) in [5.74, 6) is 0.441. The zero-order valence-corrected chi connectivity index (χ0v) is 10.6. The quantitative estimate of drug-likeness (QED) is 0.639. The van der Waals surface area contributed by atoms with E-state index in [9.17, 15) is 4.39 Å². The largest absolute Gasteiger partial charge is 0.245 e. The molecule has 0 aliphatic heterocycles. The van der Waals surface area contributed by atoms with Gasteiger partial charge in [0.25, 0.3) is 0 Å². The molecular weight excluding hydrogens is 291 g/mol. The maximum atomic E-state index is 13.2. The van der Waals surface area contributed by atoms with E-state index >= 15 is 0 Å². The second kappa shape index (κ2) is 5.41. The molecule has 0 bridgehead atoms. The molecular formula is C11H8BrFN2S. The highest BCUT2D eigenvalue weighted by atomic mass is 79.9. The molecule has 0 radical (unpaired) electrons. The standard InChI is InChI=1S/C11H8BrFN2S/c12-11-8(2-1-3-9(11)13)6-16-10-4-5-14-7-15-10/h1-5,7H,6H2. The number of benzene rings is 1. The van der Waals surface area contributed by atoms with Gasteiger partial charge in [0.05, 0.1) is 9.50 Å². The van der Waals surface area contributed by atoms with Crippen molar-refractivity contribution in [3.05, 3.63) is 52.6 Å². The van der Waals surface area contributed by atoms with Gasteiger partial charge in [-0.25, -0.2) is 14.4 Å². The fourth-order valence-electron chi connectivity index (χ4n) is 1.18. The Balaban J connectivity index is 2.08. The topological polar surface area (TPSA) is 25.8 Å². The lowest BCUT2D eigenvalue weighted by atomic mass is 10.2. The molecule has 0 N–H and O–H groups in total. The van der Waals surface area contributed by atoms with Crippen molar-refractivity contribution in [2.75, 3.05) is 0 Å². The summed E-state index contributed by atoms with van der Waals surface area (Å²) in [6.45, 7) is 0. The summed E-state index contributed by atoms with van der Waals surface area (Å²) in [6, 6.07) is 6.86. The summed E-state index contributed by atoms with van der Waals surface area (Å²) in [6.07, 6.45) is 3.19. The Morgan fingerprint density at radius 2 is 2.19 bits per heavy atom. The number of halogens is 2. The van der Waals surface area contributed by atoms with Crippen LogP contribution in [0.5, 0.6) is 0 Å². The van der Waals surface area contributed by atoms with Gasteiger partial charge in [0.1, 0.15) is 12.1 Å². The molecule has 16 heavy (non-hydrogen) atoms. The van der Waals surface area contributed by atoms with Crippen LogP contribution in [-0.4, -0.2) is 9.97 Å². The normalized spacial score (nSPS) is 10.4. The number of nitrogens with zero attached hydrogens (tertiary/aromatic N) is 2. The van der Waals surface area contributed by atoms with E-state index in [1.54, 1.807) is 24.0 Å². The molecule has 0 fully saturated rings. The first-order valence-corrected chi connectivity index (χ1v) is 6.37. The van der Waals surface area contributed by atoms with Gasteiger partial charge in [0.15, 0.2) is 0 Å². The molecule has 0 atom stereocenters. The molecule has 0 aliphatic rings. The Kier molecular flexibility index (Phi) is 3.90. The maximum Gasteiger partial charge on any atom is 0.137 e. The van der Waals surface area contributed by atoms with E-state index in [0.717, 1.165) is 10.6 Å². The van der Waals surface area contributed by atoms with Gasteiger partial charge in [-0.2, -0.15) is 0 Å². The predicted molar refractivity (Wildman–Crippen MR) is 65.7 cm³/mol. The minimum Gasteiger partial charge on any atom is -0.245 e. The summed E-state index contributed by atoms with van der Waals surface area (Å²) < 4.78 is 13.7. The molecule has 0 spiro atoms. The van der Waals surface area contributed by atoms with E-state index in [1.807, 2.05) is 12.1 Å². The number of rotatable bonds is 3. The van der Waals surface area contributed by atoms with Gasteiger partial charge in [-0.1, -0.05) is 12.1 Å². The third-order valence-electron chi connectivity index (χ3n) is 1.96. The Bertz CT molecular complexity index is 479. The average Bonchev–Trinajstić information content (AvgIpc) is 2.32. The average molecular weight is 299 g/mol. The summed E-state index contributed by atoms with van der Waals surface area (Å²) in [7, 11) is 0. The zero-order chi connectivity index (χ0) is 11.4. The van der Waals surface area contributed by atoms with Gasteiger partial charge in [-0.3, -0.25) is 0 Å². The molecule has 82 valence electrons. The van der Waals surface area contributed by atoms with Crippen molar-refractivity contribution in [1.29, 1.82) is 0 Å². The first kappa shape index (κ1) is 11.5. The minimum absolute atomic E-state index is 0.235. The first-order chi connectivity index (χ1) is 7.77. The highest BCUT2D eigenvalue weighted by molar-refractivity contribution is 9.10. The van der Waals surface area contributed by atoms with Gasteiger partial charge in [-0.05, 0) is 33.6 Å². The fraction of sp³-hybridized carbons (Fsp3) is 0.0909. The number of thioether (sulfide) groups is 1. The Morgan fingerprint density at radius 3 is 2.94 bits per heavy atom. The van der Waals surface area contributed by atoms with Crippen molar-refractivity contribution in [2.24, 2.45) is 0 Å². The van der Waals surface area contributed by atoms with E-state index in [-0.39, 0.29) is 5.82 Å². The van der Waals surface area contributed by atoms with Crippen LogP contribution >= 0.6 is 27.7 Å². The smallest absolute Gasteiger partial charge is 0.137 e. The number of hydrogen-bond acceptors (Lipinski definition) is 3. The van der Waals surface area contributed by atoms with Gasteiger partial charge < -0.3 is 0 Å². The van der Waals surface area contributed by atoms with E-state index < -0.39 is 0 Å². The minimum atomic E-state index is -0.235. The molecule has 1 aromatic carbocycles. The lowest BCUT2D eigenvalue weighted by Gasteiger charge is -2.04. The number of aromatic nitrogens is 2. The molecule has 5 heteroatoms. The van der Waals surface area contributed by atoms with Crippen molar-refractivity contribution >= 4 is 27.7 Å². The van der Waals surface area contributed by atoms with E-state index in [2.05, 4.69) is 25.9 Å². The van der Waals surface area contributed by atoms with Crippen LogP contribution in [-0.2, 0) is 5.75 Å². The molecule has 2 aromatic rings. The Morgan fingerprint density at radius 1 is 1.31 bits per heavy atom. The summed E-state index contributed by atoms with van der Waals surface area (Å²) in [4.78, 5) is 7.93. The molecule has 0 saturated heterocycles. The van der Waals surface area contributed by atoms with Gasteiger partial charge in [-0.15, -0.1) is 11.8 Å². The van der Waals surface area contributed by atoms with E-state index in [1.165, 1.54) is 12.4 Å². The zero-order valence-electron chi connectivity index (χ0n) is 8.23. The summed E-state index contributed by atoms with van der Waals surface area (Å²) in [5.41, 5.74) is 0.920. The second-order valence-corrected chi connectivity index (χ2v) is 4.84. The van der Waals surface area contributed by atoms with E-state index in [0.29, 0.717) is 10.2 Å². The monoisotopic (exact) mass is 298 g/mol. The van der Waals surface area contributed by atoms with Crippen LogP contribution in [0.2, 0.25) is 0 Å². The molecule has 1 heterocycles. The van der Waals surface area contributed by atoms with E-state index in [4.69, 9.17) is 0 Å². The van der Waals surface area contributed by atoms with Crippen LogP contribution in [0.4, 0.5) is 4.39 Å². The van der Waals surface area contributed by atoms with Crippen molar-refractivity contribution in [3.63, 3.8) is 0 Å². The highest BCUT2D eigenvalue weighted by Crippen LogP contribution is 2.27. The molecule has 0 unspecified atom stereocenters. The van der Waals surface area contributed by atoms with Crippen LogP contribution in [0.1, 0.15) is 5.56 Å². The van der Waals surface area contributed by atoms with Gasteiger partial charge in [0, 0.05) is 11.9 Å². The van der Waals surface area contributed by atoms with Crippen molar-refractivity contribution in [1.82, 2.24) is 9.97 Å². The van der Waals surface area contributed by atoms with Crippen LogP contribution in [0, 0.1) is 5.82 Å². The number of hydrogen-bond donors (Lipinski definition) is 0. The third-order valence-corrected chi connectivity index (χ3v) is 3.84. The Labute approximate surface area is 105 Å². The lowest BCUT2D eigenvalue weighted by molar-refractivity contribution is 0.619. The lowest BCUT2D eigenvalue weighted by Crippen LogP contribution is -1.88. The molecule has 0 saturated carbocycles. The van der Waals surface area contributed by atoms with Gasteiger partial charge in [0.2, 0.25) is 0 Å². The highest BCUT2D eigenvalue weighted by Gasteiger charge is 2.05. The van der Waals surface area contributed by atoms with Crippen LogP contribution < -0.4 is 0 Å². The molecule has 2 rings (SSSR count). The molecule has 0 aliphatic carbocycles. The maximum absolute atomic E-state index is 13.2. The predicted octanol–water partition coefficient (Wildman–Crippen LogP) is 3.67. The second-order valence-electron chi connectivity index (χ2n) is 3.05. The van der Waals surface area contributed by atoms with Crippen LogP contribution in [0.3, 0.4) is 0 Å². The van der Waals surface area contributed by atoms with Crippen molar-refractivity contribution in [2.45, 2.75) is 10.8 Å². The van der Waals surface area contributed by atoms with Crippen LogP contribution in [0.25, 0.3) is 0 Å². The molecule has 1 aromatic heterocycles. The molecule has 0 amide bonds. The third kappa shape index (κ3) is 2.80. The van der Waals surface area contributed by atoms with Crippen molar-refractivity contribution < 1.29 is 4.39 Å². The Hall–Kier alpha value is -0.940. The van der Waals surface area contributed by atoms with Crippen molar-refractivity contribution in [3.8, 4) is 0 Å². The first-order valence-electron chi connectivity index (χ1n) is 4.59. The summed E-state index contributed by atoms with van der Waals surface area (Å²) >= 11 is 4.78. The van der Waals surface area contributed by atoms with Gasteiger partial charge >= 0.3 is 0 Å². The van der Waals surface area contributed by atoms with Crippen LogP contribution in [0.15, 0.2) is 46.3 Å². The SMILES string of the molecule is Fc1cccc(CSc2ccncn2)c1Br. The fourth-order valence-corrected chi connectivity index (χ4v) is 2.59. The molecule has 2 nitrogen and oxygen atoms in total. The summed E-state index contributed by atoms with van der Waals surface area (Å²) in [5, 5.41) is 0.881.